The van der Waals surface area contributed by atoms with Crippen molar-refractivity contribution in [2.24, 2.45) is 11.8 Å². The number of aromatic amines is 1. The Morgan fingerprint density at radius 1 is 1.06 bits per heavy atom. The van der Waals surface area contributed by atoms with Crippen molar-refractivity contribution in [3.8, 4) is 11.5 Å². The molecule has 1 fully saturated rings. The minimum Gasteiger partial charge on any atom is -0.494 e. The summed E-state index contributed by atoms with van der Waals surface area (Å²) in [4.78, 5) is 10.5. The van der Waals surface area contributed by atoms with E-state index in [4.69, 9.17) is 14.5 Å². The maximum atomic E-state index is 11.5. The number of nitrogens with one attached hydrogen (secondary N) is 1. The van der Waals surface area contributed by atoms with Crippen LogP contribution in [0.4, 0.5) is 0 Å². The second kappa shape index (κ2) is 10.0. The van der Waals surface area contributed by atoms with Crippen LogP contribution in [0.25, 0.3) is 16.6 Å². The fraction of sp³-hybridized carbons (Fsp3) is 0.483. The maximum Gasteiger partial charge on any atom is 0.146 e. The molecule has 0 spiro atoms. The van der Waals surface area contributed by atoms with Crippen molar-refractivity contribution in [2.75, 3.05) is 34.4 Å². The summed E-state index contributed by atoms with van der Waals surface area (Å²) in [6.45, 7) is 1.86. The van der Waals surface area contributed by atoms with Crippen molar-refractivity contribution in [3.63, 3.8) is 0 Å². The number of aliphatic hydroxyl groups is 1. The lowest BCUT2D eigenvalue weighted by molar-refractivity contribution is -0.0574. The van der Waals surface area contributed by atoms with Crippen LogP contribution in [-0.4, -0.2) is 59.9 Å². The number of allylic oxidation sites excluding steroid dienone is 1. The van der Waals surface area contributed by atoms with Crippen LogP contribution in [0.5, 0.6) is 11.5 Å². The summed E-state index contributed by atoms with van der Waals surface area (Å²) in [6, 6.07) is 14.5. The molecule has 1 heterocycles. The molecular formula is C29H37N3O3. The van der Waals surface area contributed by atoms with Crippen LogP contribution in [0, 0.1) is 11.8 Å². The normalized spacial score (nSPS) is 23.6. The average Bonchev–Trinajstić information content (AvgIpc) is 3.32. The molecule has 2 bridgehead atoms. The molecule has 3 aliphatic carbocycles. The zero-order chi connectivity index (χ0) is 24.4. The van der Waals surface area contributed by atoms with Crippen LogP contribution >= 0.6 is 0 Å². The number of fused-ring (bicyclic) bond motifs is 3. The summed E-state index contributed by atoms with van der Waals surface area (Å²) < 4.78 is 10.9. The topological polar surface area (TPSA) is 70.6 Å². The van der Waals surface area contributed by atoms with Gasteiger partial charge in [0.05, 0.1) is 19.8 Å². The number of benzene rings is 2. The van der Waals surface area contributed by atoms with Crippen LogP contribution in [0.3, 0.4) is 0 Å². The summed E-state index contributed by atoms with van der Waals surface area (Å²) in [5, 5.41) is 11.5. The van der Waals surface area contributed by atoms with Gasteiger partial charge in [-0.1, -0.05) is 36.4 Å². The first-order chi connectivity index (χ1) is 17.0. The quantitative estimate of drug-likeness (QED) is 0.428. The number of ether oxygens (including phenoxy) is 2. The van der Waals surface area contributed by atoms with Gasteiger partial charge in [-0.15, -0.1) is 0 Å². The molecule has 3 aromatic rings. The fourth-order valence-corrected chi connectivity index (χ4v) is 5.99. The van der Waals surface area contributed by atoms with Crippen molar-refractivity contribution in [2.45, 2.75) is 44.1 Å². The first kappa shape index (κ1) is 23.9. The predicted molar refractivity (Wildman–Crippen MR) is 140 cm³/mol. The lowest BCUT2D eigenvalue weighted by atomic mass is 9.61. The van der Waals surface area contributed by atoms with Crippen LogP contribution in [0.1, 0.15) is 43.5 Å². The molecule has 3 aliphatic rings. The van der Waals surface area contributed by atoms with Crippen LogP contribution in [0.2, 0.25) is 0 Å². The summed E-state index contributed by atoms with van der Waals surface area (Å²) in [5.41, 5.74) is 3.88. The molecule has 6 rings (SSSR count). The Bertz CT molecular complexity index is 1150. The van der Waals surface area contributed by atoms with Crippen molar-refractivity contribution in [3.05, 3.63) is 59.9 Å². The van der Waals surface area contributed by atoms with E-state index in [0.717, 1.165) is 73.6 Å². The van der Waals surface area contributed by atoms with Crippen molar-refractivity contribution in [1.29, 1.82) is 0 Å². The molecule has 0 amide bonds. The van der Waals surface area contributed by atoms with E-state index in [1.807, 2.05) is 12.1 Å². The summed E-state index contributed by atoms with van der Waals surface area (Å²) >= 11 is 0. The Kier molecular flexibility index (Phi) is 6.85. The molecule has 1 saturated carbocycles. The van der Waals surface area contributed by atoms with Gasteiger partial charge in [0.15, 0.2) is 0 Å². The van der Waals surface area contributed by atoms with Gasteiger partial charge in [-0.25, -0.2) is 4.98 Å². The molecule has 2 aromatic carbocycles. The fourth-order valence-electron chi connectivity index (χ4n) is 5.99. The standard InChI is InChI=1S/C29H37N3O3/c1-32(16-7-10-26-30-27-24(34-2)13-14-25(35-3)28(27)31-26)17-15-29(33)19-21-11-12-22(29)18-23(21)20-8-5-4-6-9-20/h4-6,8-9,13-14,18,21-22,33H,7,10-12,15-17,19H2,1-3H3,(H,30,31). The number of rotatable bonds is 10. The molecule has 3 unspecified atom stereocenters. The second-order valence-electron chi connectivity index (χ2n) is 10.2. The first-order valence-corrected chi connectivity index (χ1v) is 12.8. The third kappa shape index (κ3) is 4.82. The number of imidazole rings is 1. The molecule has 0 radical (unpaired) electrons. The number of methoxy groups -OCH3 is 2. The van der Waals surface area contributed by atoms with Gasteiger partial charge in [0, 0.05) is 18.9 Å². The summed E-state index contributed by atoms with van der Waals surface area (Å²) in [7, 11) is 5.48. The highest BCUT2D eigenvalue weighted by Crippen LogP contribution is 2.51. The monoisotopic (exact) mass is 475 g/mol. The summed E-state index contributed by atoms with van der Waals surface area (Å²) in [5.74, 6) is 3.20. The molecule has 0 saturated heterocycles. The molecular weight excluding hydrogens is 438 g/mol. The van der Waals surface area contributed by atoms with E-state index < -0.39 is 5.60 Å². The molecule has 6 heteroatoms. The van der Waals surface area contributed by atoms with E-state index in [-0.39, 0.29) is 5.92 Å². The minimum atomic E-state index is -0.582. The zero-order valence-corrected chi connectivity index (χ0v) is 21.1. The Labute approximate surface area is 208 Å². The smallest absolute Gasteiger partial charge is 0.146 e. The molecule has 186 valence electrons. The van der Waals surface area contributed by atoms with Gasteiger partial charge >= 0.3 is 0 Å². The Morgan fingerprint density at radius 2 is 1.83 bits per heavy atom. The van der Waals surface area contributed by atoms with Crippen molar-refractivity contribution >= 4 is 16.6 Å². The predicted octanol–water partition coefficient (Wildman–Crippen LogP) is 5.08. The van der Waals surface area contributed by atoms with E-state index in [9.17, 15) is 5.11 Å². The highest BCUT2D eigenvalue weighted by Gasteiger charge is 2.46. The number of aryl methyl sites for hydroxylation is 1. The van der Waals surface area contributed by atoms with E-state index in [1.165, 1.54) is 17.6 Å². The van der Waals surface area contributed by atoms with Crippen molar-refractivity contribution in [1.82, 2.24) is 14.9 Å². The van der Waals surface area contributed by atoms with Crippen LogP contribution < -0.4 is 9.47 Å². The van der Waals surface area contributed by atoms with Crippen LogP contribution in [0.15, 0.2) is 48.5 Å². The second-order valence-corrected chi connectivity index (χ2v) is 10.2. The Morgan fingerprint density at radius 3 is 2.54 bits per heavy atom. The van der Waals surface area contributed by atoms with Crippen molar-refractivity contribution < 1.29 is 14.6 Å². The number of hydrogen-bond donors (Lipinski definition) is 2. The van der Waals surface area contributed by atoms with Gasteiger partial charge in [0.1, 0.15) is 28.4 Å². The Hall–Kier alpha value is -2.83. The van der Waals surface area contributed by atoms with Gasteiger partial charge in [-0.3, -0.25) is 0 Å². The number of hydrogen-bond acceptors (Lipinski definition) is 5. The third-order valence-electron chi connectivity index (χ3n) is 7.98. The van der Waals surface area contributed by atoms with E-state index in [1.54, 1.807) is 14.2 Å². The van der Waals surface area contributed by atoms with Crippen LogP contribution in [-0.2, 0) is 6.42 Å². The average molecular weight is 476 g/mol. The van der Waals surface area contributed by atoms with Gasteiger partial charge in [-0.2, -0.15) is 0 Å². The van der Waals surface area contributed by atoms with Gasteiger partial charge in [0.2, 0.25) is 0 Å². The largest absolute Gasteiger partial charge is 0.494 e. The van der Waals surface area contributed by atoms with E-state index in [2.05, 4.69) is 53.3 Å². The first-order valence-electron chi connectivity index (χ1n) is 12.8. The lowest BCUT2D eigenvalue weighted by Crippen LogP contribution is -2.48. The molecule has 1 aromatic heterocycles. The minimum absolute atomic E-state index is 0.261. The SMILES string of the molecule is COc1ccc(OC)c2[nH]c(CCCN(C)CCC3(O)CC4CCC3C=C4c3ccccc3)nc12. The Balaban J connectivity index is 1.15. The number of aromatic nitrogens is 2. The third-order valence-corrected chi connectivity index (χ3v) is 7.98. The molecule has 3 atom stereocenters. The lowest BCUT2D eigenvalue weighted by Gasteiger charge is -2.48. The number of H-pyrrole nitrogens is 1. The molecule has 0 aliphatic heterocycles. The highest BCUT2D eigenvalue weighted by molar-refractivity contribution is 5.87. The van der Waals surface area contributed by atoms with E-state index in [0.29, 0.717) is 5.92 Å². The maximum absolute atomic E-state index is 11.5. The van der Waals surface area contributed by atoms with Gasteiger partial charge in [0.25, 0.3) is 0 Å². The zero-order valence-electron chi connectivity index (χ0n) is 21.1. The molecule has 35 heavy (non-hydrogen) atoms. The molecule has 2 N–H and O–H groups in total. The van der Waals surface area contributed by atoms with Gasteiger partial charge < -0.3 is 24.5 Å². The van der Waals surface area contributed by atoms with E-state index >= 15 is 0 Å². The number of nitrogens with zero attached hydrogens (tertiary/aromatic N) is 2. The molecule has 6 nitrogen and oxygen atoms in total. The van der Waals surface area contributed by atoms with Gasteiger partial charge in [-0.05, 0) is 74.9 Å². The summed E-state index contributed by atoms with van der Waals surface area (Å²) in [6.07, 6.45) is 8.21. The highest BCUT2D eigenvalue weighted by atomic mass is 16.5.